The van der Waals surface area contributed by atoms with Crippen LogP contribution in [0.25, 0.3) is 0 Å². The molecule has 0 atom stereocenters. The zero-order valence-corrected chi connectivity index (χ0v) is 8.20. The van der Waals surface area contributed by atoms with Gasteiger partial charge in [0.25, 0.3) is 0 Å². The van der Waals surface area contributed by atoms with E-state index in [0.29, 0.717) is 5.69 Å². The molecule has 0 aromatic carbocycles. The molecule has 1 aromatic rings. The average Bonchev–Trinajstić information content (AvgIpc) is 2.47. The SMILES string of the molecule is CCCc1nc(C(=O)OC)cn1C. The number of ether oxygens (including phenoxy) is 1. The molecule has 0 aliphatic carbocycles. The van der Waals surface area contributed by atoms with Crippen molar-refractivity contribution in [2.45, 2.75) is 19.8 Å². The lowest BCUT2D eigenvalue weighted by Crippen LogP contribution is -2.01. The van der Waals surface area contributed by atoms with E-state index in [1.165, 1.54) is 7.11 Å². The van der Waals surface area contributed by atoms with Crippen LogP contribution in [0.5, 0.6) is 0 Å². The fourth-order valence-electron chi connectivity index (χ4n) is 1.16. The number of hydrogen-bond acceptors (Lipinski definition) is 3. The molecule has 0 spiro atoms. The first-order valence-corrected chi connectivity index (χ1v) is 4.29. The molecule has 0 aliphatic rings. The molecule has 4 heteroatoms. The Bertz CT molecular complexity index is 305. The quantitative estimate of drug-likeness (QED) is 0.659. The highest BCUT2D eigenvalue weighted by Crippen LogP contribution is 2.04. The Labute approximate surface area is 77.5 Å². The third-order valence-corrected chi connectivity index (χ3v) is 1.84. The summed E-state index contributed by atoms with van der Waals surface area (Å²) < 4.78 is 6.42. The molecule has 0 radical (unpaired) electrons. The number of aromatic nitrogens is 2. The van der Waals surface area contributed by atoms with Crippen molar-refractivity contribution in [1.82, 2.24) is 9.55 Å². The molecule has 1 rings (SSSR count). The maximum atomic E-state index is 11.1. The maximum Gasteiger partial charge on any atom is 0.358 e. The minimum atomic E-state index is -0.377. The van der Waals surface area contributed by atoms with Crippen molar-refractivity contribution in [3.05, 3.63) is 17.7 Å². The Morgan fingerprint density at radius 3 is 2.92 bits per heavy atom. The molecule has 0 N–H and O–H groups in total. The molecule has 1 aromatic heterocycles. The van der Waals surface area contributed by atoms with Gasteiger partial charge in [-0.2, -0.15) is 0 Å². The second-order valence-electron chi connectivity index (χ2n) is 2.89. The van der Waals surface area contributed by atoms with Crippen LogP contribution in [0, 0.1) is 0 Å². The molecule has 0 fully saturated rings. The van der Waals surface area contributed by atoms with Gasteiger partial charge in [-0.15, -0.1) is 0 Å². The largest absolute Gasteiger partial charge is 0.464 e. The summed E-state index contributed by atoms with van der Waals surface area (Å²) in [5.74, 6) is 0.542. The molecule has 0 saturated carbocycles. The minimum Gasteiger partial charge on any atom is -0.464 e. The Morgan fingerprint density at radius 2 is 2.38 bits per heavy atom. The fraction of sp³-hybridized carbons (Fsp3) is 0.556. The van der Waals surface area contributed by atoms with Crippen LogP contribution in [0.3, 0.4) is 0 Å². The van der Waals surface area contributed by atoms with E-state index in [2.05, 4.69) is 16.6 Å². The lowest BCUT2D eigenvalue weighted by molar-refractivity contribution is 0.0594. The van der Waals surface area contributed by atoms with E-state index >= 15 is 0 Å². The highest BCUT2D eigenvalue weighted by atomic mass is 16.5. The third-order valence-electron chi connectivity index (χ3n) is 1.84. The summed E-state index contributed by atoms with van der Waals surface area (Å²) >= 11 is 0. The Balaban J connectivity index is 2.88. The summed E-state index contributed by atoms with van der Waals surface area (Å²) in [5.41, 5.74) is 0.383. The van der Waals surface area contributed by atoms with Gasteiger partial charge in [0.05, 0.1) is 7.11 Å². The summed E-state index contributed by atoms with van der Waals surface area (Å²) in [7, 11) is 3.24. The highest BCUT2D eigenvalue weighted by Gasteiger charge is 2.11. The number of nitrogens with zero attached hydrogens (tertiary/aromatic N) is 2. The number of imidazole rings is 1. The zero-order valence-electron chi connectivity index (χ0n) is 8.20. The Hall–Kier alpha value is -1.32. The van der Waals surface area contributed by atoms with Crippen LogP contribution in [0.2, 0.25) is 0 Å². The van der Waals surface area contributed by atoms with Gasteiger partial charge in [0.2, 0.25) is 0 Å². The number of methoxy groups -OCH3 is 1. The standard InChI is InChI=1S/C9H14N2O2/c1-4-5-8-10-7(6-11(8)2)9(12)13-3/h6H,4-5H2,1-3H3. The lowest BCUT2D eigenvalue weighted by atomic mass is 10.3. The normalized spacial score (nSPS) is 10.1. The topological polar surface area (TPSA) is 44.1 Å². The van der Waals surface area contributed by atoms with Crippen LogP contribution in [0.1, 0.15) is 29.7 Å². The molecule has 0 bridgehead atoms. The van der Waals surface area contributed by atoms with Crippen molar-refractivity contribution in [1.29, 1.82) is 0 Å². The molecule has 0 aliphatic heterocycles. The number of hydrogen-bond donors (Lipinski definition) is 0. The predicted molar refractivity (Wildman–Crippen MR) is 48.5 cm³/mol. The van der Waals surface area contributed by atoms with E-state index < -0.39 is 0 Å². The number of rotatable bonds is 3. The van der Waals surface area contributed by atoms with Gasteiger partial charge in [-0.1, -0.05) is 6.92 Å². The van der Waals surface area contributed by atoms with E-state index in [4.69, 9.17) is 0 Å². The number of carbonyl (C=O) groups excluding carboxylic acids is 1. The highest BCUT2D eigenvalue weighted by molar-refractivity contribution is 5.86. The van der Waals surface area contributed by atoms with Crippen molar-refractivity contribution in [2.75, 3.05) is 7.11 Å². The van der Waals surface area contributed by atoms with E-state index in [1.807, 2.05) is 11.6 Å². The van der Waals surface area contributed by atoms with Gasteiger partial charge in [-0.05, 0) is 6.42 Å². The van der Waals surface area contributed by atoms with E-state index in [-0.39, 0.29) is 5.97 Å². The molecular formula is C9H14N2O2. The molecule has 13 heavy (non-hydrogen) atoms. The van der Waals surface area contributed by atoms with Crippen molar-refractivity contribution in [3.63, 3.8) is 0 Å². The number of aryl methyl sites for hydroxylation is 2. The van der Waals surface area contributed by atoms with Crippen LogP contribution in [-0.4, -0.2) is 22.6 Å². The van der Waals surface area contributed by atoms with Crippen molar-refractivity contribution >= 4 is 5.97 Å². The third kappa shape index (κ3) is 2.08. The maximum absolute atomic E-state index is 11.1. The molecule has 0 amide bonds. The molecule has 4 nitrogen and oxygen atoms in total. The van der Waals surface area contributed by atoms with Crippen LogP contribution in [0.4, 0.5) is 0 Å². The summed E-state index contributed by atoms with van der Waals surface area (Å²) in [6, 6.07) is 0. The molecule has 72 valence electrons. The summed E-state index contributed by atoms with van der Waals surface area (Å²) in [6.07, 6.45) is 3.59. The first-order chi connectivity index (χ1) is 6.19. The lowest BCUT2D eigenvalue weighted by Gasteiger charge is -1.95. The van der Waals surface area contributed by atoms with E-state index in [9.17, 15) is 4.79 Å². The Morgan fingerprint density at radius 1 is 1.69 bits per heavy atom. The van der Waals surface area contributed by atoms with E-state index in [1.54, 1.807) is 6.20 Å². The van der Waals surface area contributed by atoms with Crippen molar-refractivity contribution in [3.8, 4) is 0 Å². The van der Waals surface area contributed by atoms with Gasteiger partial charge in [0, 0.05) is 19.7 Å². The second kappa shape index (κ2) is 4.07. The van der Waals surface area contributed by atoms with Crippen molar-refractivity contribution < 1.29 is 9.53 Å². The predicted octanol–water partition coefficient (Wildman–Crippen LogP) is 1.16. The monoisotopic (exact) mass is 182 g/mol. The van der Waals surface area contributed by atoms with Crippen LogP contribution in [0.15, 0.2) is 6.20 Å². The van der Waals surface area contributed by atoms with Crippen LogP contribution >= 0.6 is 0 Å². The summed E-state index contributed by atoms with van der Waals surface area (Å²) in [4.78, 5) is 15.2. The molecule has 1 heterocycles. The van der Waals surface area contributed by atoms with Crippen LogP contribution < -0.4 is 0 Å². The first-order valence-electron chi connectivity index (χ1n) is 4.29. The smallest absolute Gasteiger partial charge is 0.358 e. The second-order valence-corrected chi connectivity index (χ2v) is 2.89. The minimum absolute atomic E-state index is 0.377. The Kier molecular flexibility index (Phi) is 3.06. The number of carbonyl (C=O) groups is 1. The first kappa shape index (κ1) is 9.77. The fourth-order valence-corrected chi connectivity index (χ4v) is 1.16. The molecule has 0 unspecified atom stereocenters. The van der Waals surface area contributed by atoms with Gasteiger partial charge in [0.15, 0.2) is 5.69 Å². The van der Waals surface area contributed by atoms with Gasteiger partial charge in [-0.25, -0.2) is 9.78 Å². The van der Waals surface area contributed by atoms with Crippen LogP contribution in [-0.2, 0) is 18.2 Å². The number of esters is 1. The molecule has 0 saturated heterocycles. The average molecular weight is 182 g/mol. The van der Waals surface area contributed by atoms with Gasteiger partial charge >= 0.3 is 5.97 Å². The van der Waals surface area contributed by atoms with Gasteiger partial charge < -0.3 is 9.30 Å². The van der Waals surface area contributed by atoms with E-state index in [0.717, 1.165) is 18.7 Å². The van der Waals surface area contributed by atoms with Gasteiger partial charge in [0.1, 0.15) is 5.82 Å². The van der Waals surface area contributed by atoms with Crippen molar-refractivity contribution in [2.24, 2.45) is 7.05 Å². The summed E-state index contributed by atoms with van der Waals surface area (Å²) in [6.45, 7) is 2.08. The van der Waals surface area contributed by atoms with Gasteiger partial charge in [-0.3, -0.25) is 0 Å². The molecular weight excluding hydrogens is 168 g/mol. The summed E-state index contributed by atoms with van der Waals surface area (Å²) in [5, 5.41) is 0. The zero-order chi connectivity index (χ0) is 9.84.